The maximum absolute atomic E-state index is 5.88. The van der Waals surface area contributed by atoms with Crippen molar-refractivity contribution < 1.29 is 0 Å². The molecule has 0 saturated carbocycles. The zero-order chi connectivity index (χ0) is 11.3. The third-order valence-electron chi connectivity index (χ3n) is 2.68. The Hall–Kier alpha value is -0.0900. The Kier molecular flexibility index (Phi) is 5.61. The van der Waals surface area contributed by atoms with Gasteiger partial charge in [-0.1, -0.05) is 11.6 Å². The van der Waals surface area contributed by atoms with Crippen LogP contribution < -0.4 is 5.73 Å². The first-order valence-corrected chi connectivity index (χ1v) is 6.47. The van der Waals surface area contributed by atoms with Crippen molar-refractivity contribution in [2.24, 2.45) is 5.73 Å². The van der Waals surface area contributed by atoms with Crippen LogP contribution in [0.25, 0.3) is 0 Å². The fourth-order valence-electron chi connectivity index (χ4n) is 1.45. The fraction of sp³-hybridized carbons (Fsp3) is 0.636. The van der Waals surface area contributed by atoms with E-state index in [1.54, 1.807) is 11.3 Å². The number of hydrogen-bond donors (Lipinski definition) is 1. The molecule has 1 atom stereocenters. The summed E-state index contributed by atoms with van der Waals surface area (Å²) >= 11 is 7.55. The molecular weight excluding hydrogens is 228 g/mol. The van der Waals surface area contributed by atoms with E-state index in [0.717, 1.165) is 30.3 Å². The van der Waals surface area contributed by atoms with Gasteiger partial charge in [0, 0.05) is 17.5 Å². The van der Waals surface area contributed by atoms with Gasteiger partial charge in [-0.3, -0.25) is 0 Å². The maximum Gasteiger partial charge on any atom is 0.0931 e. The largest absolute Gasteiger partial charge is 0.330 e. The van der Waals surface area contributed by atoms with Crippen molar-refractivity contribution in [1.29, 1.82) is 0 Å². The molecule has 4 heteroatoms. The second kappa shape index (κ2) is 6.48. The van der Waals surface area contributed by atoms with E-state index in [-0.39, 0.29) is 0 Å². The first-order valence-electron chi connectivity index (χ1n) is 5.28. The van der Waals surface area contributed by atoms with Crippen molar-refractivity contribution in [1.82, 2.24) is 4.90 Å². The highest BCUT2D eigenvalue weighted by molar-refractivity contribution is 7.16. The molecule has 1 rings (SSSR count). The van der Waals surface area contributed by atoms with Crippen LogP contribution >= 0.6 is 22.9 Å². The van der Waals surface area contributed by atoms with E-state index in [0.29, 0.717) is 6.04 Å². The number of hydrogen-bond acceptors (Lipinski definition) is 3. The van der Waals surface area contributed by atoms with Crippen LogP contribution in [0.4, 0.5) is 0 Å². The molecule has 1 aromatic heterocycles. The lowest BCUT2D eigenvalue weighted by atomic mass is 10.2. The Morgan fingerprint density at radius 3 is 2.80 bits per heavy atom. The molecule has 86 valence electrons. The average Bonchev–Trinajstić information content (AvgIpc) is 2.61. The first kappa shape index (κ1) is 13.0. The third-order valence-corrected chi connectivity index (χ3v) is 3.97. The molecule has 0 radical (unpaired) electrons. The van der Waals surface area contributed by atoms with E-state index < -0.39 is 0 Å². The normalized spacial score (nSPS) is 13.4. The maximum atomic E-state index is 5.88. The van der Waals surface area contributed by atoms with Crippen LogP contribution in [0.15, 0.2) is 12.1 Å². The van der Waals surface area contributed by atoms with Gasteiger partial charge in [-0.05, 0) is 45.5 Å². The standard InChI is InChI=1S/C11H19ClN2S/c1-9(5-7-13)14(2)8-6-10-3-4-11(12)15-10/h3-4,9H,5-8,13H2,1-2H3. The fourth-order valence-corrected chi connectivity index (χ4v) is 2.53. The van der Waals surface area contributed by atoms with Gasteiger partial charge >= 0.3 is 0 Å². The summed E-state index contributed by atoms with van der Waals surface area (Å²) in [6.45, 7) is 4.04. The minimum atomic E-state index is 0.561. The number of nitrogens with two attached hydrogens (primary N) is 1. The van der Waals surface area contributed by atoms with E-state index in [4.69, 9.17) is 17.3 Å². The molecule has 2 N–H and O–H groups in total. The minimum absolute atomic E-state index is 0.561. The van der Waals surface area contributed by atoms with Crippen molar-refractivity contribution in [2.45, 2.75) is 25.8 Å². The molecule has 0 aliphatic rings. The second-order valence-electron chi connectivity index (χ2n) is 3.86. The minimum Gasteiger partial charge on any atom is -0.330 e. The van der Waals surface area contributed by atoms with Crippen LogP contribution in [-0.2, 0) is 6.42 Å². The Morgan fingerprint density at radius 1 is 1.53 bits per heavy atom. The summed E-state index contributed by atoms with van der Waals surface area (Å²) in [6, 6.07) is 4.63. The van der Waals surface area contributed by atoms with Crippen LogP contribution in [0.3, 0.4) is 0 Å². The van der Waals surface area contributed by atoms with Gasteiger partial charge in [-0.2, -0.15) is 0 Å². The summed E-state index contributed by atoms with van der Waals surface area (Å²) in [5.41, 5.74) is 5.54. The lowest BCUT2D eigenvalue weighted by Gasteiger charge is -2.23. The summed E-state index contributed by atoms with van der Waals surface area (Å²) in [5, 5.41) is 0. The second-order valence-corrected chi connectivity index (χ2v) is 5.66. The molecule has 15 heavy (non-hydrogen) atoms. The lowest BCUT2D eigenvalue weighted by Crippen LogP contribution is -2.32. The van der Waals surface area contributed by atoms with Crippen LogP contribution in [0.5, 0.6) is 0 Å². The Balaban J connectivity index is 2.30. The van der Waals surface area contributed by atoms with Gasteiger partial charge in [-0.15, -0.1) is 11.3 Å². The summed E-state index contributed by atoms with van der Waals surface area (Å²) in [5.74, 6) is 0. The van der Waals surface area contributed by atoms with Gasteiger partial charge in [0.15, 0.2) is 0 Å². The molecule has 0 aromatic carbocycles. The van der Waals surface area contributed by atoms with Crippen LogP contribution in [0.1, 0.15) is 18.2 Å². The zero-order valence-electron chi connectivity index (χ0n) is 9.37. The van der Waals surface area contributed by atoms with Gasteiger partial charge in [0.25, 0.3) is 0 Å². The molecule has 2 nitrogen and oxygen atoms in total. The molecule has 1 unspecified atom stereocenters. The molecular formula is C11H19ClN2S. The highest BCUT2D eigenvalue weighted by atomic mass is 35.5. The predicted molar refractivity (Wildman–Crippen MR) is 68.8 cm³/mol. The highest BCUT2D eigenvalue weighted by Crippen LogP contribution is 2.21. The molecule has 0 aliphatic carbocycles. The number of likely N-dealkylation sites (N-methyl/N-ethyl adjacent to an activating group) is 1. The van der Waals surface area contributed by atoms with Crippen molar-refractivity contribution in [2.75, 3.05) is 20.1 Å². The van der Waals surface area contributed by atoms with Gasteiger partial charge < -0.3 is 10.6 Å². The van der Waals surface area contributed by atoms with Gasteiger partial charge in [0.05, 0.1) is 4.34 Å². The van der Waals surface area contributed by atoms with Gasteiger partial charge in [-0.25, -0.2) is 0 Å². The van der Waals surface area contributed by atoms with E-state index in [1.807, 2.05) is 6.07 Å². The SMILES string of the molecule is CC(CCN)N(C)CCc1ccc(Cl)s1. The number of thiophene rings is 1. The van der Waals surface area contributed by atoms with Crippen LogP contribution in [-0.4, -0.2) is 31.1 Å². The summed E-state index contributed by atoms with van der Waals surface area (Å²) in [6.07, 6.45) is 2.13. The van der Waals surface area contributed by atoms with Crippen LogP contribution in [0, 0.1) is 0 Å². The number of halogens is 1. The predicted octanol–water partition coefficient (Wildman–Crippen LogP) is 2.61. The Morgan fingerprint density at radius 2 is 2.27 bits per heavy atom. The molecule has 0 fully saturated rings. The number of rotatable bonds is 6. The van der Waals surface area contributed by atoms with Gasteiger partial charge in [0.2, 0.25) is 0 Å². The average molecular weight is 247 g/mol. The molecule has 0 spiro atoms. The third kappa shape index (κ3) is 4.51. The van der Waals surface area contributed by atoms with E-state index in [2.05, 4.69) is 24.9 Å². The smallest absolute Gasteiger partial charge is 0.0931 e. The molecule has 0 bridgehead atoms. The number of nitrogens with zero attached hydrogens (tertiary/aromatic N) is 1. The molecule has 0 saturated heterocycles. The van der Waals surface area contributed by atoms with Crippen molar-refractivity contribution in [3.8, 4) is 0 Å². The van der Waals surface area contributed by atoms with Crippen molar-refractivity contribution >= 4 is 22.9 Å². The van der Waals surface area contributed by atoms with Crippen molar-refractivity contribution in [3.63, 3.8) is 0 Å². The summed E-state index contributed by atoms with van der Waals surface area (Å²) < 4.78 is 0.877. The Bertz CT molecular complexity index is 288. The molecule has 1 aromatic rings. The summed E-state index contributed by atoms with van der Waals surface area (Å²) in [7, 11) is 2.15. The zero-order valence-corrected chi connectivity index (χ0v) is 10.9. The van der Waals surface area contributed by atoms with Crippen LogP contribution in [0.2, 0.25) is 4.34 Å². The van der Waals surface area contributed by atoms with Crippen molar-refractivity contribution in [3.05, 3.63) is 21.3 Å². The Labute approximate surface area is 101 Å². The first-order chi connectivity index (χ1) is 7.13. The molecule has 1 heterocycles. The summed E-state index contributed by atoms with van der Waals surface area (Å²) in [4.78, 5) is 3.70. The van der Waals surface area contributed by atoms with E-state index >= 15 is 0 Å². The quantitative estimate of drug-likeness (QED) is 0.836. The topological polar surface area (TPSA) is 29.3 Å². The monoisotopic (exact) mass is 246 g/mol. The molecule has 0 amide bonds. The highest BCUT2D eigenvalue weighted by Gasteiger charge is 2.08. The van der Waals surface area contributed by atoms with E-state index in [9.17, 15) is 0 Å². The molecule has 0 aliphatic heterocycles. The van der Waals surface area contributed by atoms with Gasteiger partial charge in [0.1, 0.15) is 0 Å². The van der Waals surface area contributed by atoms with E-state index in [1.165, 1.54) is 4.88 Å². The lowest BCUT2D eigenvalue weighted by molar-refractivity contribution is 0.252.